The van der Waals surface area contributed by atoms with E-state index in [0.29, 0.717) is 24.4 Å². The first-order valence-electron chi connectivity index (χ1n) is 6.92. The summed E-state index contributed by atoms with van der Waals surface area (Å²) in [5.74, 6) is 2.64. The van der Waals surface area contributed by atoms with Gasteiger partial charge in [0.15, 0.2) is 0 Å². The highest BCUT2D eigenvalue weighted by Crippen LogP contribution is 2.40. The summed E-state index contributed by atoms with van der Waals surface area (Å²) in [7, 11) is 0. The van der Waals surface area contributed by atoms with Crippen molar-refractivity contribution in [2.24, 2.45) is 5.92 Å². The average Bonchev–Trinajstić information content (AvgIpc) is 2.87. The molecule has 1 saturated heterocycles. The van der Waals surface area contributed by atoms with Crippen molar-refractivity contribution < 1.29 is 9.15 Å². The van der Waals surface area contributed by atoms with Gasteiger partial charge in [0.05, 0.1) is 11.8 Å². The molecule has 104 valence electrons. The lowest BCUT2D eigenvalue weighted by molar-refractivity contribution is 0.267. The highest BCUT2D eigenvalue weighted by atomic mass is 16.5. The Balaban J connectivity index is 1.43. The predicted octanol–water partition coefficient (Wildman–Crippen LogP) is 1.57. The van der Waals surface area contributed by atoms with E-state index < -0.39 is 0 Å². The number of ether oxygens (including phenoxy) is 1. The van der Waals surface area contributed by atoms with Gasteiger partial charge in [-0.2, -0.15) is 0 Å². The molecule has 0 amide bonds. The molecule has 0 bridgehead atoms. The van der Waals surface area contributed by atoms with Crippen LogP contribution in [0.25, 0.3) is 11.5 Å². The Morgan fingerprint density at radius 1 is 1.35 bits per heavy atom. The van der Waals surface area contributed by atoms with Crippen molar-refractivity contribution in [1.29, 1.82) is 0 Å². The van der Waals surface area contributed by atoms with Gasteiger partial charge in [-0.3, -0.25) is 4.98 Å². The third kappa shape index (κ3) is 2.27. The summed E-state index contributed by atoms with van der Waals surface area (Å²) in [4.78, 5) is 4.17. The normalized spacial score (nSPS) is 27.4. The third-order valence-electron chi connectivity index (χ3n) is 3.90. The van der Waals surface area contributed by atoms with E-state index in [4.69, 9.17) is 9.15 Å². The second-order valence-electron chi connectivity index (χ2n) is 5.55. The molecule has 6 heteroatoms. The molecule has 2 aliphatic rings. The minimum atomic E-state index is 0.466. The van der Waals surface area contributed by atoms with Crippen LogP contribution in [0.1, 0.15) is 18.7 Å². The molecule has 0 aromatic carbocycles. The molecular formula is C14H16N4O2. The monoisotopic (exact) mass is 272 g/mol. The van der Waals surface area contributed by atoms with Crippen LogP contribution in [0.3, 0.4) is 0 Å². The molecule has 20 heavy (non-hydrogen) atoms. The Hall–Kier alpha value is -1.95. The summed E-state index contributed by atoms with van der Waals surface area (Å²) in [5, 5.41) is 11.4. The largest absolute Gasteiger partial charge is 0.490 e. The fraction of sp³-hybridized carbons (Fsp3) is 0.500. The molecule has 3 atom stereocenters. The molecule has 6 nitrogen and oxygen atoms in total. The smallest absolute Gasteiger partial charge is 0.249 e. The van der Waals surface area contributed by atoms with E-state index in [0.717, 1.165) is 23.3 Å². The van der Waals surface area contributed by atoms with Crippen LogP contribution in [0.2, 0.25) is 0 Å². The highest BCUT2D eigenvalue weighted by Gasteiger charge is 2.45. The van der Waals surface area contributed by atoms with Gasteiger partial charge in [0.2, 0.25) is 11.8 Å². The zero-order valence-corrected chi connectivity index (χ0v) is 11.2. The zero-order chi connectivity index (χ0) is 13.5. The summed E-state index contributed by atoms with van der Waals surface area (Å²) in [6, 6.07) is 3.10. The van der Waals surface area contributed by atoms with Crippen LogP contribution in [0.4, 0.5) is 0 Å². The first-order valence-corrected chi connectivity index (χ1v) is 6.92. The number of hydrogen-bond acceptors (Lipinski definition) is 6. The van der Waals surface area contributed by atoms with Crippen LogP contribution in [0.15, 0.2) is 22.9 Å². The molecule has 0 unspecified atom stereocenters. The molecule has 1 saturated carbocycles. The van der Waals surface area contributed by atoms with E-state index in [1.54, 1.807) is 19.3 Å². The van der Waals surface area contributed by atoms with E-state index in [-0.39, 0.29) is 0 Å². The summed E-state index contributed by atoms with van der Waals surface area (Å²) in [6.07, 6.45) is 5.97. The van der Waals surface area contributed by atoms with E-state index in [2.05, 4.69) is 20.5 Å². The van der Waals surface area contributed by atoms with E-state index >= 15 is 0 Å². The van der Waals surface area contributed by atoms with Crippen LogP contribution < -0.4 is 10.1 Å². The van der Waals surface area contributed by atoms with Crippen molar-refractivity contribution in [3.63, 3.8) is 0 Å². The maximum absolute atomic E-state index is 5.81. The molecular weight excluding hydrogens is 256 g/mol. The van der Waals surface area contributed by atoms with Gasteiger partial charge < -0.3 is 14.5 Å². The van der Waals surface area contributed by atoms with Gasteiger partial charge in [-0.25, -0.2) is 0 Å². The van der Waals surface area contributed by atoms with Gasteiger partial charge in [-0.05, 0) is 24.8 Å². The van der Waals surface area contributed by atoms with Crippen molar-refractivity contribution in [2.45, 2.75) is 31.8 Å². The highest BCUT2D eigenvalue weighted by molar-refractivity contribution is 5.53. The third-order valence-corrected chi connectivity index (χ3v) is 3.90. The second kappa shape index (κ2) is 4.56. The maximum Gasteiger partial charge on any atom is 0.249 e. The predicted molar refractivity (Wildman–Crippen MR) is 71.2 cm³/mol. The van der Waals surface area contributed by atoms with Gasteiger partial charge in [0, 0.05) is 25.2 Å². The number of aryl methyl sites for hydroxylation is 1. The topological polar surface area (TPSA) is 73.1 Å². The fourth-order valence-corrected chi connectivity index (χ4v) is 2.79. The van der Waals surface area contributed by atoms with Gasteiger partial charge in [-0.1, -0.05) is 0 Å². The molecule has 2 aromatic heterocycles. The van der Waals surface area contributed by atoms with Crippen LogP contribution >= 0.6 is 0 Å². The van der Waals surface area contributed by atoms with Crippen molar-refractivity contribution >= 4 is 0 Å². The molecule has 1 aliphatic carbocycles. The van der Waals surface area contributed by atoms with Crippen LogP contribution in [-0.2, 0) is 0 Å². The summed E-state index contributed by atoms with van der Waals surface area (Å²) < 4.78 is 11.2. The second-order valence-corrected chi connectivity index (χ2v) is 5.55. The molecule has 1 aliphatic heterocycles. The summed E-state index contributed by atoms with van der Waals surface area (Å²) >= 11 is 0. The fourth-order valence-electron chi connectivity index (χ4n) is 2.79. The first-order chi connectivity index (χ1) is 9.78. The minimum absolute atomic E-state index is 0.466. The molecule has 1 N–H and O–H groups in total. The average molecular weight is 272 g/mol. The van der Waals surface area contributed by atoms with Gasteiger partial charge >= 0.3 is 0 Å². The number of pyridine rings is 1. The molecule has 0 radical (unpaired) electrons. The van der Waals surface area contributed by atoms with Crippen LogP contribution in [0, 0.1) is 12.8 Å². The van der Waals surface area contributed by atoms with Crippen molar-refractivity contribution in [2.75, 3.05) is 6.61 Å². The number of nitrogens with zero attached hydrogens (tertiary/aromatic N) is 3. The molecule has 3 heterocycles. The van der Waals surface area contributed by atoms with E-state index in [9.17, 15) is 0 Å². The van der Waals surface area contributed by atoms with Crippen molar-refractivity contribution in [3.8, 4) is 17.2 Å². The molecule has 0 spiro atoms. The Bertz CT molecular complexity index is 617. The van der Waals surface area contributed by atoms with Gasteiger partial charge in [0.25, 0.3) is 0 Å². The number of aromatic nitrogens is 3. The minimum Gasteiger partial charge on any atom is -0.490 e. The quantitative estimate of drug-likeness (QED) is 0.910. The lowest BCUT2D eigenvalue weighted by Gasteiger charge is -2.14. The Labute approximate surface area is 116 Å². The van der Waals surface area contributed by atoms with Gasteiger partial charge in [0.1, 0.15) is 12.4 Å². The zero-order valence-electron chi connectivity index (χ0n) is 11.2. The Morgan fingerprint density at radius 2 is 2.30 bits per heavy atom. The van der Waals surface area contributed by atoms with Crippen LogP contribution in [-0.4, -0.2) is 33.9 Å². The number of nitrogens with one attached hydrogen (secondary N) is 1. The summed E-state index contributed by atoms with van der Waals surface area (Å²) in [6.45, 7) is 2.45. The number of hydrogen-bond donors (Lipinski definition) is 1. The van der Waals surface area contributed by atoms with Crippen LogP contribution in [0.5, 0.6) is 5.75 Å². The number of piperidine rings is 1. The molecule has 2 fully saturated rings. The summed E-state index contributed by atoms with van der Waals surface area (Å²) in [5.41, 5.74) is 0.783. The Kier molecular flexibility index (Phi) is 2.70. The lowest BCUT2D eigenvalue weighted by atomic mass is 10.2. The molecule has 2 aromatic rings. The Morgan fingerprint density at radius 3 is 3.05 bits per heavy atom. The first kappa shape index (κ1) is 11.8. The van der Waals surface area contributed by atoms with E-state index in [1.807, 2.05) is 6.07 Å². The SMILES string of the molecule is Cc1nnc(-c2cncc(OC[C@@H]3C[C@H]4C[C@H]4N3)c2)o1. The number of rotatable bonds is 4. The van der Waals surface area contributed by atoms with Gasteiger partial charge in [-0.15, -0.1) is 10.2 Å². The lowest BCUT2D eigenvalue weighted by Crippen LogP contribution is -2.31. The standard InChI is InChI=1S/C14H16N4O2/c1-8-17-18-14(20-8)10-3-12(6-15-5-10)19-7-11-2-9-4-13(9)16-11/h3,5-6,9,11,13,16H,2,4,7H2,1H3/t9-,11-,13+/m0/s1. The number of fused-ring (bicyclic) bond motifs is 1. The molecule has 4 rings (SSSR count). The van der Waals surface area contributed by atoms with Crippen molar-refractivity contribution in [1.82, 2.24) is 20.5 Å². The maximum atomic E-state index is 5.81. The van der Waals surface area contributed by atoms with E-state index in [1.165, 1.54) is 12.8 Å². The van der Waals surface area contributed by atoms with Crippen molar-refractivity contribution in [3.05, 3.63) is 24.4 Å².